The average Bonchev–Trinajstić information content (AvgIpc) is 2.91. The third-order valence-electron chi connectivity index (χ3n) is 2.92. The van der Waals surface area contributed by atoms with Crippen molar-refractivity contribution < 1.29 is 13.9 Å². The zero-order chi connectivity index (χ0) is 15.5. The summed E-state index contributed by atoms with van der Waals surface area (Å²) in [6.45, 7) is 11.2. The molecule has 0 N–H and O–H groups in total. The minimum absolute atomic E-state index is 0.136. The van der Waals surface area contributed by atoms with Crippen molar-refractivity contribution in [2.45, 2.75) is 40.0 Å². The maximum Gasteiger partial charge on any atom is 0.201 e. The van der Waals surface area contributed by atoms with Gasteiger partial charge in [0.2, 0.25) is 5.89 Å². The number of aromatic nitrogens is 1. The molecule has 0 saturated carbocycles. The molecule has 1 aromatic carbocycles. The van der Waals surface area contributed by atoms with Gasteiger partial charge in [0.15, 0.2) is 17.8 Å². The number of hydrogen-bond acceptors (Lipinski definition) is 4. The summed E-state index contributed by atoms with van der Waals surface area (Å²) in [4.78, 5) is 4.51. The van der Waals surface area contributed by atoms with Crippen LogP contribution in [0.4, 0.5) is 0 Å². The first-order valence-corrected chi connectivity index (χ1v) is 7.24. The fraction of sp³-hybridized carbons (Fsp3) is 0.471. The van der Waals surface area contributed by atoms with E-state index in [2.05, 4.69) is 32.0 Å². The topological polar surface area (TPSA) is 44.5 Å². The SMILES string of the molecule is CCOc1ccc(-c2[c]oc(C(C)(C)C)n2)cc1OCC. The molecule has 4 heteroatoms. The van der Waals surface area contributed by atoms with Gasteiger partial charge in [0.05, 0.1) is 13.2 Å². The van der Waals surface area contributed by atoms with Crippen molar-refractivity contribution in [3.05, 3.63) is 30.4 Å². The molecule has 2 rings (SSSR count). The summed E-state index contributed by atoms with van der Waals surface area (Å²) in [5.41, 5.74) is 1.45. The summed E-state index contributed by atoms with van der Waals surface area (Å²) in [5, 5.41) is 0. The molecule has 0 fully saturated rings. The van der Waals surface area contributed by atoms with E-state index < -0.39 is 0 Å². The molecular weight excluding hydrogens is 266 g/mol. The normalized spacial score (nSPS) is 11.5. The predicted molar refractivity (Wildman–Crippen MR) is 81.8 cm³/mol. The van der Waals surface area contributed by atoms with Crippen LogP contribution in [-0.4, -0.2) is 18.2 Å². The Morgan fingerprint density at radius 2 is 1.76 bits per heavy atom. The Balaban J connectivity index is 2.35. The molecule has 0 saturated heterocycles. The molecule has 1 heterocycles. The molecule has 0 amide bonds. The van der Waals surface area contributed by atoms with E-state index in [0.717, 1.165) is 11.3 Å². The molecule has 21 heavy (non-hydrogen) atoms. The van der Waals surface area contributed by atoms with E-state index in [0.29, 0.717) is 30.5 Å². The monoisotopic (exact) mass is 288 g/mol. The minimum Gasteiger partial charge on any atom is -0.490 e. The van der Waals surface area contributed by atoms with Crippen molar-refractivity contribution in [2.24, 2.45) is 0 Å². The van der Waals surface area contributed by atoms with Gasteiger partial charge in [0.1, 0.15) is 5.69 Å². The second kappa shape index (κ2) is 6.20. The number of nitrogens with zero attached hydrogens (tertiary/aromatic N) is 1. The van der Waals surface area contributed by atoms with Gasteiger partial charge in [-0.15, -0.1) is 0 Å². The molecule has 2 aromatic rings. The number of rotatable bonds is 5. The molecule has 113 valence electrons. The van der Waals surface area contributed by atoms with Crippen LogP contribution >= 0.6 is 0 Å². The van der Waals surface area contributed by atoms with Gasteiger partial charge in [0.25, 0.3) is 0 Å². The van der Waals surface area contributed by atoms with Crippen LogP contribution in [0.25, 0.3) is 11.3 Å². The molecular formula is C17H22NO3. The summed E-state index contributed by atoms with van der Waals surface area (Å²) in [7, 11) is 0. The highest BCUT2D eigenvalue weighted by Crippen LogP contribution is 2.33. The van der Waals surface area contributed by atoms with Gasteiger partial charge in [-0.2, -0.15) is 0 Å². The Bertz CT molecular complexity index is 596. The number of ether oxygens (including phenoxy) is 2. The third-order valence-corrected chi connectivity index (χ3v) is 2.92. The maximum absolute atomic E-state index is 5.63. The van der Waals surface area contributed by atoms with Gasteiger partial charge in [0, 0.05) is 11.0 Å². The molecule has 1 radical (unpaired) electrons. The Hall–Kier alpha value is -1.97. The molecule has 0 unspecified atom stereocenters. The lowest BCUT2D eigenvalue weighted by Crippen LogP contribution is -2.11. The quantitative estimate of drug-likeness (QED) is 0.825. The predicted octanol–water partition coefficient (Wildman–Crippen LogP) is 4.24. The lowest BCUT2D eigenvalue weighted by atomic mass is 9.97. The summed E-state index contributed by atoms with van der Waals surface area (Å²) >= 11 is 0. The van der Waals surface area contributed by atoms with Crippen LogP contribution in [0.2, 0.25) is 0 Å². The Morgan fingerprint density at radius 3 is 2.33 bits per heavy atom. The lowest BCUT2D eigenvalue weighted by molar-refractivity contribution is 0.288. The minimum atomic E-state index is -0.136. The highest BCUT2D eigenvalue weighted by molar-refractivity contribution is 5.63. The lowest BCUT2D eigenvalue weighted by Gasteiger charge is -2.12. The van der Waals surface area contributed by atoms with Crippen LogP contribution in [0.5, 0.6) is 11.5 Å². The van der Waals surface area contributed by atoms with Gasteiger partial charge in [-0.1, -0.05) is 20.8 Å². The molecule has 1 aromatic heterocycles. The Labute approximate surface area is 126 Å². The number of oxazole rings is 1. The zero-order valence-electron chi connectivity index (χ0n) is 13.3. The van der Waals surface area contributed by atoms with E-state index in [1.165, 1.54) is 0 Å². The molecule has 0 aliphatic rings. The molecule has 0 bridgehead atoms. The number of hydrogen-bond donors (Lipinski definition) is 0. The Morgan fingerprint density at radius 1 is 1.10 bits per heavy atom. The van der Waals surface area contributed by atoms with E-state index in [-0.39, 0.29) is 5.41 Å². The van der Waals surface area contributed by atoms with Crippen molar-refractivity contribution >= 4 is 0 Å². The average molecular weight is 288 g/mol. The highest BCUT2D eigenvalue weighted by atomic mass is 16.5. The van der Waals surface area contributed by atoms with E-state index in [9.17, 15) is 0 Å². The van der Waals surface area contributed by atoms with E-state index in [4.69, 9.17) is 13.9 Å². The van der Waals surface area contributed by atoms with E-state index >= 15 is 0 Å². The Kier molecular flexibility index (Phi) is 4.56. The van der Waals surface area contributed by atoms with Gasteiger partial charge >= 0.3 is 0 Å². The first-order chi connectivity index (χ1) is 9.95. The summed E-state index contributed by atoms with van der Waals surface area (Å²) in [6.07, 6.45) is 2.87. The van der Waals surface area contributed by atoms with Crippen molar-refractivity contribution in [3.8, 4) is 22.8 Å². The molecule has 0 atom stereocenters. The summed E-state index contributed by atoms with van der Waals surface area (Å²) in [5.74, 6) is 2.12. The first-order valence-electron chi connectivity index (χ1n) is 7.24. The second-order valence-electron chi connectivity index (χ2n) is 5.75. The van der Waals surface area contributed by atoms with Crippen molar-refractivity contribution in [1.82, 2.24) is 4.98 Å². The van der Waals surface area contributed by atoms with Gasteiger partial charge in [-0.3, -0.25) is 0 Å². The highest BCUT2D eigenvalue weighted by Gasteiger charge is 2.21. The molecule has 0 aliphatic carbocycles. The van der Waals surface area contributed by atoms with Crippen molar-refractivity contribution in [2.75, 3.05) is 13.2 Å². The van der Waals surface area contributed by atoms with Crippen molar-refractivity contribution in [1.29, 1.82) is 0 Å². The van der Waals surface area contributed by atoms with Crippen LogP contribution in [0, 0.1) is 6.26 Å². The van der Waals surface area contributed by atoms with Gasteiger partial charge in [-0.05, 0) is 32.0 Å². The van der Waals surface area contributed by atoms with Crippen molar-refractivity contribution in [3.63, 3.8) is 0 Å². The first kappa shape index (κ1) is 15.4. The van der Waals surface area contributed by atoms with Crippen LogP contribution < -0.4 is 9.47 Å². The summed E-state index contributed by atoms with van der Waals surface area (Å²) in [6, 6.07) is 5.74. The third kappa shape index (κ3) is 3.57. The molecule has 0 aliphatic heterocycles. The fourth-order valence-corrected chi connectivity index (χ4v) is 1.89. The second-order valence-corrected chi connectivity index (χ2v) is 5.75. The fourth-order valence-electron chi connectivity index (χ4n) is 1.89. The largest absolute Gasteiger partial charge is 0.490 e. The maximum atomic E-state index is 5.63. The standard InChI is InChI=1S/C17H22NO3/c1-6-19-14-9-8-12(10-15(14)20-7-2)13-11-21-16(18-13)17(3,4)5/h8-10H,6-7H2,1-5H3. The van der Waals surface area contributed by atoms with Gasteiger partial charge in [-0.25, -0.2) is 4.98 Å². The van der Waals surface area contributed by atoms with Crippen LogP contribution in [0.3, 0.4) is 0 Å². The van der Waals surface area contributed by atoms with Gasteiger partial charge < -0.3 is 13.9 Å². The van der Waals surface area contributed by atoms with E-state index in [1.54, 1.807) is 0 Å². The molecule has 4 nitrogen and oxygen atoms in total. The zero-order valence-corrected chi connectivity index (χ0v) is 13.3. The van der Waals surface area contributed by atoms with Crippen LogP contribution in [0.15, 0.2) is 22.6 Å². The number of benzene rings is 1. The van der Waals surface area contributed by atoms with Crippen LogP contribution in [-0.2, 0) is 5.41 Å². The summed E-state index contributed by atoms with van der Waals surface area (Å²) < 4.78 is 16.6. The van der Waals surface area contributed by atoms with E-state index in [1.807, 2.05) is 32.0 Å². The van der Waals surface area contributed by atoms with Crippen LogP contribution in [0.1, 0.15) is 40.5 Å². The smallest absolute Gasteiger partial charge is 0.201 e. The molecule has 0 spiro atoms.